The highest BCUT2D eigenvalue weighted by Crippen LogP contribution is 2.60. The molecule has 1 heterocycles. The molecule has 0 radical (unpaired) electrons. The van der Waals surface area contributed by atoms with Gasteiger partial charge in [-0.1, -0.05) is 20.8 Å². The molecule has 1 rings (SSSR count). The molecule has 0 aromatic rings. The molecule has 0 spiro atoms. The minimum Gasteiger partial charge on any atom is -0.388 e. The van der Waals surface area contributed by atoms with Crippen LogP contribution < -0.4 is 0 Å². The van der Waals surface area contributed by atoms with Gasteiger partial charge in [0.05, 0.1) is 17.7 Å². The van der Waals surface area contributed by atoms with Gasteiger partial charge in [0.1, 0.15) is 20.1 Å². The van der Waals surface area contributed by atoms with Crippen LogP contribution in [0.25, 0.3) is 0 Å². The largest absolute Gasteiger partial charge is 0.388 e. The Kier molecular flexibility index (Phi) is 7.52. The Bertz CT molecular complexity index is 459. The molecule has 142 valence electrons. The van der Waals surface area contributed by atoms with Crippen LogP contribution in [0.2, 0.25) is 0 Å². The van der Waals surface area contributed by atoms with Gasteiger partial charge >= 0.3 is 7.60 Å². The van der Waals surface area contributed by atoms with Gasteiger partial charge in [-0.25, -0.2) is 0 Å². The summed E-state index contributed by atoms with van der Waals surface area (Å²) in [6, 6.07) is -0.278. The second kappa shape index (κ2) is 8.17. The summed E-state index contributed by atoms with van der Waals surface area (Å²) in [4.78, 5) is 10.3. The van der Waals surface area contributed by atoms with Gasteiger partial charge in [-0.05, 0) is 26.2 Å². The van der Waals surface area contributed by atoms with E-state index in [0.29, 0.717) is 6.42 Å². The maximum Gasteiger partial charge on any atom is 0.359 e. The Balaban J connectivity index is 2.93. The number of aliphatic hydroxyl groups is 2. The Morgan fingerprint density at radius 2 is 1.79 bits per heavy atom. The number of ether oxygens (including phenoxy) is 2. The third-order valence-electron chi connectivity index (χ3n) is 5.23. The van der Waals surface area contributed by atoms with Crippen LogP contribution in [0.5, 0.6) is 0 Å². The topological polar surface area (TPSA) is 105 Å². The first kappa shape index (κ1) is 22.1. The van der Waals surface area contributed by atoms with Gasteiger partial charge in [-0.15, -0.1) is 0 Å². The predicted octanol–water partition coefficient (Wildman–Crippen LogP) is 0.990. The van der Waals surface area contributed by atoms with Crippen LogP contribution in [-0.4, -0.2) is 65.3 Å². The highest BCUT2D eigenvalue weighted by Gasteiger charge is 2.51. The average Bonchev–Trinajstić information content (AvgIpc) is 2.78. The van der Waals surface area contributed by atoms with E-state index in [-0.39, 0.29) is 25.3 Å². The van der Waals surface area contributed by atoms with Gasteiger partial charge in [0.2, 0.25) is 0 Å². The molecular formula is C15H32BO7P. The normalized spacial score (nSPS) is 33.2. The van der Waals surface area contributed by atoms with E-state index < -0.39 is 36.9 Å². The average molecular weight is 366 g/mol. The summed E-state index contributed by atoms with van der Waals surface area (Å²) in [6.07, 6.45) is -0.965. The molecule has 24 heavy (non-hydrogen) atoms. The zero-order valence-electron chi connectivity index (χ0n) is 15.6. The number of aliphatic hydroxyl groups excluding tert-OH is 1. The molecule has 9 heteroatoms. The van der Waals surface area contributed by atoms with E-state index in [2.05, 4.69) is 0 Å². The lowest BCUT2D eigenvalue weighted by Crippen LogP contribution is -2.41. The molecular weight excluding hydrogens is 334 g/mol. The first-order valence-electron chi connectivity index (χ1n) is 8.61. The van der Waals surface area contributed by atoms with Crippen molar-refractivity contribution in [3.63, 3.8) is 0 Å². The molecule has 0 saturated carbocycles. The van der Waals surface area contributed by atoms with Gasteiger partial charge in [0.15, 0.2) is 5.34 Å². The van der Waals surface area contributed by atoms with Gasteiger partial charge in [-0.3, -0.25) is 4.57 Å². The smallest absolute Gasteiger partial charge is 0.359 e. The zero-order chi connectivity index (χ0) is 18.8. The molecule has 0 bridgehead atoms. The number of hydrogen-bond acceptors (Lipinski definition) is 6. The maximum atomic E-state index is 12.7. The van der Waals surface area contributed by atoms with Crippen LogP contribution in [-0.2, 0) is 18.6 Å². The molecule has 1 saturated heterocycles. The highest BCUT2D eigenvalue weighted by atomic mass is 31.2. The standard InChI is InChI=1S/C15H32BO7P/c1-6-14(4,23-24(19,20)15(18,7-2)8-3)9-10-11(17)12(21-5)13(16)22-10/h10-13,17-18H,6-9,16H2,1-5H3,(H,19,20)/t10-,11-,12-,13-,14-/m1/s1. The Morgan fingerprint density at radius 1 is 1.25 bits per heavy atom. The van der Waals surface area contributed by atoms with E-state index >= 15 is 0 Å². The lowest BCUT2D eigenvalue weighted by atomic mass is 9.89. The molecule has 7 nitrogen and oxygen atoms in total. The Labute approximate surface area is 145 Å². The quantitative estimate of drug-likeness (QED) is 0.413. The summed E-state index contributed by atoms with van der Waals surface area (Å²) in [6.45, 7) is 6.82. The fraction of sp³-hybridized carbons (Fsp3) is 1.00. The third-order valence-corrected chi connectivity index (χ3v) is 7.60. The fourth-order valence-corrected chi connectivity index (χ4v) is 4.90. The van der Waals surface area contributed by atoms with Gasteiger partial charge in [-0.2, -0.15) is 0 Å². The van der Waals surface area contributed by atoms with Gasteiger partial charge in [0, 0.05) is 13.5 Å². The summed E-state index contributed by atoms with van der Waals surface area (Å²) in [7, 11) is -0.958. The minimum absolute atomic E-state index is 0.114. The van der Waals surface area contributed by atoms with Crippen molar-refractivity contribution in [2.45, 2.75) is 88.6 Å². The zero-order valence-corrected chi connectivity index (χ0v) is 16.5. The molecule has 3 N–H and O–H groups in total. The lowest BCUT2D eigenvalue weighted by molar-refractivity contribution is -0.0473. The number of rotatable bonds is 9. The van der Waals surface area contributed by atoms with Crippen molar-refractivity contribution in [3.05, 3.63) is 0 Å². The van der Waals surface area contributed by atoms with E-state index in [9.17, 15) is 19.7 Å². The Morgan fingerprint density at radius 3 is 2.17 bits per heavy atom. The van der Waals surface area contributed by atoms with Crippen molar-refractivity contribution in [3.8, 4) is 0 Å². The monoisotopic (exact) mass is 366 g/mol. The molecule has 0 aromatic heterocycles. The summed E-state index contributed by atoms with van der Waals surface area (Å²) >= 11 is 0. The Hall–Kier alpha value is 0.0549. The molecule has 0 amide bonds. The lowest BCUT2D eigenvalue weighted by Gasteiger charge is -2.38. The number of hydrogen-bond donors (Lipinski definition) is 3. The molecule has 0 aliphatic carbocycles. The first-order chi connectivity index (χ1) is 11.0. The first-order valence-corrected chi connectivity index (χ1v) is 10.2. The van der Waals surface area contributed by atoms with Crippen molar-refractivity contribution in [2.24, 2.45) is 0 Å². The van der Waals surface area contributed by atoms with Crippen molar-refractivity contribution >= 4 is 15.4 Å². The van der Waals surface area contributed by atoms with Gasteiger partial charge in [0.25, 0.3) is 0 Å². The summed E-state index contributed by atoms with van der Waals surface area (Å²) in [5.74, 6) is 0. The summed E-state index contributed by atoms with van der Waals surface area (Å²) in [5, 5.41) is 19.0. The van der Waals surface area contributed by atoms with E-state index in [4.69, 9.17) is 14.0 Å². The van der Waals surface area contributed by atoms with Crippen LogP contribution in [0.3, 0.4) is 0 Å². The van der Waals surface area contributed by atoms with E-state index in [1.54, 1.807) is 20.8 Å². The van der Waals surface area contributed by atoms with Crippen molar-refractivity contribution in [1.82, 2.24) is 0 Å². The molecule has 1 unspecified atom stereocenters. The molecule has 1 fully saturated rings. The second-order valence-corrected chi connectivity index (χ2v) is 8.94. The molecule has 1 aliphatic rings. The molecule has 1 aliphatic heterocycles. The van der Waals surface area contributed by atoms with Crippen molar-refractivity contribution in [2.75, 3.05) is 7.11 Å². The number of methoxy groups -OCH3 is 1. The van der Waals surface area contributed by atoms with Crippen molar-refractivity contribution in [1.29, 1.82) is 0 Å². The van der Waals surface area contributed by atoms with Crippen LogP contribution in [0, 0.1) is 0 Å². The van der Waals surface area contributed by atoms with Crippen LogP contribution in [0.15, 0.2) is 0 Å². The van der Waals surface area contributed by atoms with Crippen LogP contribution in [0.4, 0.5) is 0 Å². The summed E-state index contributed by atoms with van der Waals surface area (Å²) in [5.41, 5.74) is -1.02. The van der Waals surface area contributed by atoms with E-state index in [1.165, 1.54) is 7.11 Å². The van der Waals surface area contributed by atoms with E-state index in [0.717, 1.165) is 0 Å². The summed E-state index contributed by atoms with van der Waals surface area (Å²) < 4.78 is 29.2. The minimum atomic E-state index is -4.28. The molecule has 6 atom stereocenters. The van der Waals surface area contributed by atoms with Crippen LogP contribution >= 0.6 is 7.60 Å². The third kappa shape index (κ3) is 4.42. The second-order valence-electron chi connectivity index (χ2n) is 6.88. The fourth-order valence-electron chi connectivity index (χ4n) is 3.13. The predicted molar refractivity (Wildman–Crippen MR) is 93.8 cm³/mol. The SMILES string of the molecule is B[C@@H]1O[C@H](C[C@@](C)(CC)OP(=O)(O)C(O)(CC)CC)[C@@H](O)[C@H]1OC. The molecule has 0 aromatic carbocycles. The maximum absolute atomic E-state index is 12.7. The van der Waals surface area contributed by atoms with E-state index in [1.807, 2.05) is 14.8 Å². The van der Waals surface area contributed by atoms with Crippen LogP contribution in [0.1, 0.15) is 53.4 Å². The van der Waals surface area contributed by atoms with Gasteiger partial charge < -0.3 is 29.1 Å². The highest BCUT2D eigenvalue weighted by molar-refractivity contribution is 7.54. The van der Waals surface area contributed by atoms with Crippen molar-refractivity contribution < 1.29 is 33.7 Å².